The van der Waals surface area contributed by atoms with E-state index in [-0.39, 0.29) is 18.9 Å². The predicted octanol–water partition coefficient (Wildman–Crippen LogP) is 14.3. The molecule has 3 N–H and O–H groups in total. The maximum Gasteiger partial charge on any atom is 0.224 e. The van der Waals surface area contributed by atoms with Crippen molar-refractivity contribution in [2.45, 2.75) is 225 Å². The molecule has 0 rings (SSSR count). The standard InChI is InChI=1S/C49H87NO3/c1-3-5-7-9-11-13-15-17-19-20-21-22-23-24-25-26-27-28-29-31-32-34-36-38-40-42-44-48(52)47(46-51)50-49(53)45-43-41-39-37-35-33-30-18-16-14-12-10-8-6-4-2/h6,8,12,14,18,30,35,37,41-44,47-48,51-52H,3-5,7,9-11,13,15-17,19-29,31-34,36,38-40,45-46H2,1-2H3,(H,50,53)/b8-6-,14-12-,30-18-,37-35-,43-41-,44-42+. The second-order valence-corrected chi connectivity index (χ2v) is 15.1. The van der Waals surface area contributed by atoms with Gasteiger partial charge in [0, 0.05) is 6.42 Å². The number of hydrogen-bond donors (Lipinski definition) is 3. The van der Waals surface area contributed by atoms with E-state index in [1.165, 1.54) is 148 Å². The van der Waals surface area contributed by atoms with E-state index in [2.05, 4.69) is 67.8 Å². The highest BCUT2D eigenvalue weighted by atomic mass is 16.3. The number of allylic oxidation sites excluding steroid dienone is 10. The minimum Gasteiger partial charge on any atom is -0.394 e. The zero-order valence-electron chi connectivity index (χ0n) is 35.0. The van der Waals surface area contributed by atoms with Gasteiger partial charge in [-0.2, -0.15) is 0 Å². The molecule has 0 saturated heterocycles. The Hall–Kier alpha value is -2.17. The van der Waals surface area contributed by atoms with E-state index < -0.39 is 12.1 Å². The van der Waals surface area contributed by atoms with E-state index in [0.29, 0.717) is 0 Å². The van der Waals surface area contributed by atoms with Crippen molar-refractivity contribution < 1.29 is 15.0 Å². The summed E-state index contributed by atoms with van der Waals surface area (Å²) in [6, 6.07) is -0.680. The van der Waals surface area contributed by atoms with Crippen LogP contribution in [0.25, 0.3) is 0 Å². The Morgan fingerprint density at radius 1 is 0.472 bits per heavy atom. The number of aliphatic hydroxyl groups is 2. The number of unbranched alkanes of at least 4 members (excludes halogenated alkanes) is 24. The van der Waals surface area contributed by atoms with E-state index in [9.17, 15) is 15.0 Å². The van der Waals surface area contributed by atoms with Crippen LogP contribution in [0.4, 0.5) is 0 Å². The second kappa shape index (κ2) is 44.2. The smallest absolute Gasteiger partial charge is 0.224 e. The largest absolute Gasteiger partial charge is 0.394 e. The summed E-state index contributed by atoms with van der Waals surface area (Å²) in [5.41, 5.74) is 0. The monoisotopic (exact) mass is 738 g/mol. The zero-order valence-corrected chi connectivity index (χ0v) is 35.0. The summed E-state index contributed by atoms with van der Waals surface area (Å²) in [4.78, 5) is 12.3. The third-order valence-corrected chi connectivity index (χ3v) is 9.97. The Morgan fingerprint density at radius 2 is 0.811 bits per heavy atom. The predicted molar refractivity (Wildman–Crippen MR) is 234 cm³/mol. The van der Waals surface area contributed by atoms with Gasteiger partial charge < -0.3 is 15.5 Å². The van der Waals surface area contributed by atoms with Gasteiger partial charge in [0.15, 0.2) is 0 Å². The van der Waals surface area contributed by atoms with Crippen molar-refractivity contribution >= 4 is 5.91 Å². The van der Waals surface area contributed by atoms with Crippen molar-refractivity contribution in [3.05, 3.63) is 72.9 Å². The molecule has 1 amide bonds. The molecule has 0 spiro atoms. The fourth-order valence-electron chi connectivity index (χ4n) is 6.54. The van der Waals surface area contributed by atoms with E-state index in [4.69, 9.17) is 0 Å². The molecule has 53 heavy (non-hydrogen) atoms. The first kappa shape index (κ1) is 50.8. The van der Waals surface area contributed by atoms with E-state index in [1.54, 1.807) is 6.08 Å². The first-order chi connectivity index (χ1) is 26.2. The van der Waals surface area contributed by atoms with Crippen molar-refractivity contribution in [1.29, 1.82) is 0 Å². The molecule has 0 heterocycles. The zero-order chi connectivity index (χ0) is 38.6. The Bertz CT molecular complexity index is 930. The van der Waals surface area contributed by atoms with Crippen molar-refractivity contribution in [3.63, 3.8) is 0 Å². The fourth-order valence-corrected chi connectivity index (χ4v) is 6.54. The minimum atomic E-state index is -0.883. The van der Waals surface area contributed by atoms with Crippen LogP contribution in [-0.2, 0) is 4.79 Å². The van der Waals surface area contributed by atoms with Crippen LogP contribution in [0.1, 0.15) is 213 Å². The van der Waals surface area contributed by atoms with Crippen LogP contribution >= 0.6 is 0 Å². The quantitative estimate of drug-likeness (QED) is 0.0433. The average molecular weight is 738 g/mol. The van der Waals surface area contributed by atoms with Gasteiger partial charge >= 0.3 is 0 Å². The third kappa shape index (κ3) is 40.8. The van der Waals surface area contributed by atoms with Crippen LogP contribution in [0, 0.1) is 0 Å². The van der Waals surface area contributed by atoms with E-state index in [1.807, 2.05) is 18.2 Å². The van der Waals surface area contributed by atoms with Crippen LogP contribution in [0.3, 0.4) is 0 Å². The lowest BCUT2D eigenvalue weighted by Gasteiger charge is -2.19. The van der Waals surface area contributed by atoms with Crippen molar-refractivity contribution in [2.24, 2.45) is 0 Å². The van der Waals surface area contributed by atoms with Crippen LogP contribution in [0.15, 0.2) is 72.9 Å². The summed E-state index contributed by atoms with van der Waals surface area (Å²) in [7, 11) is 0. The summed E-state index contributed by atoms with van der Waals surface area (Å²) in [6.07, 6.45) is 63.3. The van der Waals surface area contributed by atoms with Gasteiger partial charge in [-0.15, -0.1) is 0 Å². The number of rotatable bonds is 40. The van der Waals surface area contributed by atoms with E-state index in [0.717, 1.165) is 44.9 Å². The van der Waals surface area contributed by atoms with Gasteiger partial charge in [0.1, 0.15) is 0 Å². The third-order valence-electron chi connectivity index (χ3n) is 9.97. The molecular weight excluding hydrogens is 651 g/mol. The van der Waals surface area contributed by atoms with E-state index >= 15 is 0 Å². The molecule has 2 atom stereocenters. The number of hydrogen-bond acceptors (Lipinski definition) is 3. The highest BCUT2D eigenvalue weighted by Gasteiger charge is 2.17. The van der Waals surface area contributed by atoms with Crippen molar-refractivity contribution in [3.8, 4) is 0 Å². The molecule has 0 aromatic rings. The molecule has 0 aromatic carbocycles. The van der Waals surface area contributed by atoms with Crippen molar-refractivity contribution in [2.75, 3.05) is 6.61 Å². The number of nitrogens with one attached hydrogen (secondary N) is 1. The molecule has 0 aromatic heterocycles. The molecule has 4 heteroatoms. The first-order valence-electron chi connectivity index (χ1n) is 22.7. The number of carbonyl (C=O) groups is 1. The molecule has 0 fully saturated rings. The van der Waals surface area contributed by atoms with Gasteiger partial charge in [-0.3, -0.25) is 4.79 Å². The van der Waals surface area contributed by atoms with Gasteiger partial charge in [-0.05, 0) is 44.9 Å². The highest BCUT2D eigenvalue weighted by Crippen LogP contribution is 2.16. The molecule has 4 nitrogen and oxygen atoms in total. The second-order valence-electron chi connectivity index (χ2n) is 15.1. The Kier molecular flexibility index (Phi) is 42.4. The molecule has 0 aliphatic carbocycles. The van der Waals surface area contributed by atoms with Crippen LogP contribution < -0.4 is 5.32 Å². The Labute approximate surface area is 329 Å². The van der Waals surface area contributed by atoms with Crippen LogP contribution in [-0.4, -0.2) is 34.9 Å². The Balaban J connectivity index is 3.62. The molecule has 306 valence electrons. The van der Waals surface area contributed by atoms with Gasteiger partial charge in [0.2, 0.25) is 5.91 Å². The summed E-state index contributed by atoms with van der Waals surface area (Å²) < 4.78 is 0. The SMILES string of the molecule is CC/C=C\C/C=C\C/C=C\C/C=C\C/C=C\CC(=O)NC(CO)C(O)/C=C/CCCCCCCCCCCCCCCCCCCCCCCCCC. The first-order valence-corrected chi connectivity index (χ1v) is 22.7. The fraction of sp³-hybridized carbons (Fsp3) is 0.735. The van der Waals surface area contributed by atoms with Gasteiger partial charge in [0.05, 0.1) is 18.8 Å². The lowest BCUT2D eigenvalue weighted by atomic mass is 10.0. The molecule has 0 radical (unpaired) electrons. The molecule has 0 aliphatic heterocycles. The maximum absolute atomic E-state index is 12.3. The summed E-state index contributed by atoms with van der Waals surface area (Å²) in [6.45, 7) is 4.15. The average Bonchev–Trinajstić information content (AvgIpc) is 3.16. The number of carbonyl (C=O) groups excluding carboxylic acids is 1. The highest BCUT2D eigenvalue weighted by molar-refractivity contribution is 5.77. The van der Waals surface area contributed by atoms with Gasteiger partial charge in [-0.1, -0.05) is 234 Å². The molecular formula is C49H87NO3. The number of aliphatic hydroxyl groups excluding tert-OH is 2. The van der Waals surface area contributed by atoms with Crippen LogP contribution in [0.2, 0.25) is 0 Å². The molecule has 0 aliphatic rings. The van der Waals surface area contributed by atoms with Gasteiger partial charge in [-0.25, -0.2) is 0 Å². The summed E-state index contributed by atoms with van der Waals surface area (Å²) >= 11 is 0. The minimum absolute atomic E-state index is 0.192. The summed E-state index contributed by atoms with van der Waals surface area (Å²) in [5.74, 6) is -0.192. The summed E-state index contributed by atoms with van der Waals surface area (Å²) in [5, 5.41) is 22.9. The van der Waals surface area contributed by atoms with Crippen LogP contribution in [0.5, 0.6) is 0 Å². The van der Waals surface area contributed by atoms with Crippen molar-refractivity contribution in [1.82, 2.24) is 5.32 Å². The maximum atomic E-state index is 12.3. The number of amides is 1. The molecule has 0 bridgehead atoms. The topological polar surface area (TPSA) is 69.6 Å². The lowest BCUT2D eigenvalue weighted by Crippen LogP contribution is -2.44. The van der Waals surface area contributed by atoms with Gasteiger partial charge in [0.25, 0.3) is 0 Å². The lowest BCUT2D eigenvalue weighted by molar-refractivity contribution is -0.122. The Morgan fingerprint density at radius 3 is 1.17 bits per heavy atom. The molecule has 2 unspecified atom stereocenters. The molecule has 0 saturated carbocycles. The normalized spacial score (nSPS) is 13.7.